The summed E-state index contributed by atoms with van der Waals surface area (Å²) in [6.45, 7) is 4.44. The predicted molar refractivity (Wildman–Crippen MR) is 85.0 cm³/mol. The van der Waals surface area contributed by atoms with Crippen LogP contribution in [0.15, 0.2) is 0 Å². The van der Waals surface area contributed by atoms with Crippen LogP contribution in [0.3, 0.4) is 0 Å². The van der Waals surface area contributed by atoms with E-state index in [2.05, 4.69) is 13.8 Å². The first-order valence-corrected chi connectivity index (χ1v) is 9.65. The van der Waals surface area contributed by atoms with E-state index in [1.807, 2.05) is 0 Å². The Morgan fingerprint density at radius 3 is 1.45 bits per heavy atom. The van der Waals surface area contributed by atoms with Crippen LogP contribution in [0.4, 0.5) is 0 Å². The second kappa shape index (κ2) is 17.6. The average Bonchev–Trinajstić information content (AvgIpc) is 2.39. The van der Waals surface area contributed by atoms with Crippen LogP contribution in [0.1, 0.15) is 97.3 Å². The largest absolute Gasteiger partial charge is 0.508 e. The van der Waals surface area contributed by atoms with E-state index >= 15 is 0 Å². The van der Waals surface area contributed by atoms with Crippen molar-refractivity contribution in [1.29, 1.82) is 0 Å². The summed E-state index contributed by atoms with van der Waals surface area (Å²) >= 11 is 0. The minimum absolute atomic E-state index is 0. The molecular weight excluding hydrogens is 314 g/mol. The zero-order chi connectivity index (χ0) is 14.3. The van der Waals surface area contributed by atoms with Crippen molar-refractivity contribution in [3.63, 3.8) is 0 Å². The van der Waals surface area contributed by atoms with Crippen molar-refractivity contribution in [1.82, 2.24) is 0 Å². The molecule has 0 bridgehead atoms. The maximum absolute atomic E-state index is 11.3. The van der Waals surface area contributed by atoms with Gasteiger partial charge in [0.25, 0.3) is 0 Å². The van der Waals surface area contributed by atoms with Crippen LogP contribution in [0, 0.1) is 0 Å². The monoisotopic (exact) mass is 347 g/mol. The summed E-state index contributed by atoms with van der Waals surface area (Å²) in [7, 11) is -1.97. The first kappa shape index (κ1) is 22.8. The third-order valence-corrected chi connectivity index (χ3v) is 4.99. The van der Waals surface area contributed by atoms with Gasteiger partial charge in [0.2, 0.25) is 0 Å². The van der Waals surface area contributed by atoms with Gasteiger partial charge in [-0.05, 0) is 30.2 Å². The van der Waals surface area contributed by atoms with Gasteiger partial charge >= 0.3 is 8.03 Å². The Balaban J connectivity index is 0. The minimum atomic E-state index is -1.97. The SMILES string of the molecule is CCCCCCCCC(CCCCCCC)[P+](=O)O.[Ni]. The molecule has 1 N–H and O–H groups in total. The molecule has 0 rings (SSSR count). The van der Waals surface area contributed by atoms with Gasteiger partial charge in [0.05, 0.1) is 0 Å². The molecule has 0 saturated heterocycles. The van der Waals surface area contributed by atoms with Crippen molar-refractivity contribution in [2.75, 3.05) is 0 Å². The van der Waals surface area contributed by atoms with Crippen molar-refractivity contribution in [3.05, 3.63) is 0 Å². The molecule has 4 heteroatoms. The Hall–Kier alpha value is 0.554. The summed E-state index contributed by atoms with van der Waals surface area (Å²) < 4.78 is 11.3. The summed E-state index contributed by atoms with van der Waals surface area (Å²) in [5, 5.41) is 0. The third kappa shape index (κ3) is 15.0. The minimum Gasteiger partial charge on any atom is -0.161 e. The standard InChI is InChI=1S/C16H33O2P.Ni/c1-3-5-7-9-11-13-15-16(19(17)18)14-12-10-8-6-4-2;/h16H,3-15H2,1-2H3;/p+1. The van der Waals surface area contributed by atoms with Crippen LogP contribution < -0.4 is 0 Å². The summed E-state index contributed by atoms with van der Waals surface area (Å²) in [5.74, 6) is 0. The molecule has 0 aliphatic carbocycles. The van der Waals surface area contributed by atoms with E-state index in [0.717, 1.165) is 25.7 Å². The Morgan fingerprint density at radius 1 is 0.750 bits per heavy atom. The van der Waals surface area contributed by atoms with Crippen LogP contribution in [-0.2, 0) is 21.1 Å². The normalized spacial score (nSPS) is 12.8. The topological polar surface area (TPSA) is 37.3 Å². The van der Waals surface area contributed by atoms with Gasteiger partial charge in [-0.3, -0.25) is 0 Å². The summed E-state index contributed by atoms with van der Waals surface area (Å²) in [5.41, 5.74) is 0.0581. The Bertz CT molecular complexity index is 213. The predicted octanol–water partition coefficient (Wildman–Crippen LogP) is 6.20. The molecule has 2 nitrogen and oxygen atoms in total. The zero-order valence-electron chi connectivity index (χ0n) is 13.4. The zero-order valence-corrected chi connectivity index (χ0v) is 15.3. The molecule has 0 aliphatic heterocycles. The maximum Gasteiger partial charge on any atom is 0.508 e. The van der Waals surface area contributed by atoms with E-state index in [0.29, 0.717) is 0 Å². The molecule has 0 spiro atoms. The van der Waals surface area contributed by atoms with Gasteiger partial charge < -0.3 is 0 Å². The van der Waals surface area contributed by atoms with E-state index in [1.165, 1.54) is 57.8 Å². The second-order valence-electron chi connectivity index (χ2n) is 5.72. The number of rotatable bonds is 14. The van der Waals surface area contributed by atoms with Crippen molar-refractivity contribution >= 4 is 8.03 Å². The van der Waals surface area contributed by atoms with Gasteiger partial charge in [-0.1, -0.05) is 71.6 Å². The van der Waals surface area contributed by atoms with E-state index in [9.17, 15) is 9.46 Å². The average molecular weight is 348 g/mol. The Morgan fingerprint density at radius 2 is 1.10 bits per heavy atom. The molecule has 0 saturated carbocycles. The van der Waals surface area contributed by atoms with Gasteiger partial charge in [0.15, 0.2) is 5.66 Å². The first-order chi connectivity index (χ1) is 9.22. The second-order valence-corrected chi connectivity index (χ2v) is 7.05. The van der Waals surface area contributed by atoms with E-state index < -0.39 is 8.03 Å². The van der Waals surface area contributed by atoms with Crippen LogP contribution in [0.25, 0.3) is 0 Å². The molecule has 2 unspecified atom stereocenters. The molecule has 20 heavy (non-hydrogen) atoms. The van der Waals surface area contributed by atoms with Crippen molar-refractivity contribution < 1.29 is 25.9 Å². The molecule has 0 amide bonds. The number of unbranched alkanes of at least 4 members (excludes halogenated alkanes) is 9. The van der Waals surface area contributed by atoms with Crippen LogP contribution in [0.5, 0.6) is 0 Å². The molecular formula is C16H34NiO2P+. The van der Waals surface area contributed by atoms with Crippen molar-refractivity contribution in [2.24, 2.45) is 0 Å². The molecule has 2 atom stereocenters. The molecule has 0 aromatic carbocycles. The molecule has 0 radical (unpaired) electrons. The molecule has 0 aliphatic rings. The summed E-state index contributed by atoms with van der Waals surface area (Å²) in [4.78, 5) is 9.36. The van der Waals surface area contributed by atoms with Crippen LogP contribution in [0.2, 0.25) is 0 Å². The molecule has 0 aromatic rings. The van der Waals surface area contributed by atoms with Crippen molar-refractivity contribution in [2.45, 2.75) is 103 Å². The van der Waals surface area contributed by atoms with E-state index in [4.69, 9.17) is 0 Å². The quantitative estimate of drug-likeness (QED) is 0.231. The summed E-state index contributed by atoms with van der Waals surface area (Å²) in [6, 6.07) is 0. The van der Waals surface area contributed by atoms with Gasteiger partial charge in [-0.15, -0.1) is 0 Å². The number of hydrogen-bond donors (Lipinski definition) is 1. The fourth-order valence-electron chi connectivity index (χ4n) is 2.51. The van der Waals surface area contributed by atoms with E-state index in [1.54, 1.807) is 0 Å². The van der Waals surface area contributed by atoms with Crippen molar-refractivity contribution in [3.8, 4) is 0 Å². The number of hydrogen-bond acceptors (Lipinski definition) is 1. The van der Waals surface area contributed by atoms with Crippen LogP contribution >= 0.6 is 8.03 Å². The van der Waals surface area contributed by atoms with Gasteiger partial charge in [-0.25, -0.2) is 0 Å². The fourth-order valence-corrected chi connectivity index (χ4v) is 3.32. The first-order valence-electron chi connectivity index (χ1n) is 8.37. The molecule has 124 valence electrons. The van der Waals surface area contributed by atoms with Gasteiger partial charge in [0, 0.05) is 16.5 Å². The Labute approximate surface area is 137 Å². The third-order valence-electron chi connectivity index (χ3n) is 3.84. The molecule has 0 heterocycles. The summed E-state index contributed by atoms with van der Waals surface area (Å²) in [6.07, 6.45) is 15.7. The van der Waals surface area contributed by atoms with E-state index in [-0.39, 0.29) is 22.2 Å². The molecule has 0 aromatic heterocycles. The van der Waals surface area contributed by atoms with Gasteiger partial charge in [-0.2, -0.15) is 4.89 Å². The van der Waals surface area contributed by atoms with Crippen LogP contribution in [-0.4, -0.2) is 10.6 Å². The Kier molecular flexibility index (Phi) is 20.1. The molecule has 0 fully saturated rings. The maximum atomic E-state index is 11.3. The fraction of sp³-hybridized carbons (Fsp3) is 1.00. The smallest absolute Gasteiger partial charge is 0.161 e. The van der Waals surface area contributed by atoms with Gasteiger partial charge in [0.1, 0.15) is 0 Å².